The van der Waals surface area contributed by atoms with E-state index in [0.29, 0.717) is 22.9 Å². The minimum Gasteiger partial charge on any atom is -0.354 e. The van der Waals surface area contributed by atoms with E-state index < -0.39 is 0 Å². The molecule has 0 unspecified atom stereocenters. The number of benzene rings is 1. The number of nitrogens with one attached hydrogen (secondary N) is 2. The lowest BCUT2D eigenvalue weighted by atomic mass is 10.1. The molecule has 0 bridgehead atoms. The molecule has 0 fully saturated rings. The first-order valence-corrected chi connectivity index (χ1v) is 8.74. The van der Waals surface area contributed by atoms with Gasteiger partial charge in [0.25, 0.3) is 0 Å². The minimum atomic E-state index is 0.559. The molecule has 26 heavy (non-hydrogen) atoms. The molecule has 0 saturated heterocycles. The topological polar surface area (TPSA) is 78.9 Å². The summed E-state index contributed by atoms with van der Waals surface area (Å²) >= 11 is 0. The largest absolute Gasteiger partial charge is 0.354 e. The van der Waals surface area contributed by atoms with Gasteiger partial charge < -0.3 is 15.5 Å². The van der Waals surface area contributed by atoms with Crippen LogP contribution in [0.2, 0.25) is 0 Å². The molecule has 3 rings (SSSR count). The van der Waals surface area contributed by atoms with Crippen molar-refractivity contribution in [3.63, 3.8) is 0 Å². The number of anilines is 3. The van der Waals surface area contributed by atoms with E-state index in [4.69, 9.17) is 0 Å². The molecular formula is C19H25N7. The van der Waals surface area contributed by atoms with E-state index in [2.05, 4.69) is 81.6 Å². The van der Waals surface area contributed by atoms with Crippen molar-refractivity contribution in [2.75, 3.05) is 37.8 Å². The monoisotopic (exact) mass is 351 g/mol. The Morgan fingerprint density at radius 1 is 1.04 bits per heavy atom. The van der Waals surface area contributed by atoms with Gasteiger partial charge in [0.15, 0.2) is 17.0 Å². The second-order valence-electron chi connectivity index (χ2n) is 6.65. The zero-order valence-corrected chi connectivity index (χ0v) is 15.7. The Morgan fingerprint density at radius 2 is 1.85 bits per heavy atom. The highest BCUT2D eigenvalue weighted by atomic mass is 15.2. The van der Waals surface area contributed by atoms with Crippen LogP contribution in [0.25, 0.3) is 11.2 Å². The van der Waals surface area contributed by atoms with Gasteiger partial charge >= 0.3 is 0 Å². The van der Waals surface area contributed by atoms with Gasteiger partial charge in [-0.25, -0.2) is 9.97 Å². The third kappa shape index (κ3) is 4.43. The maximum atomic E-state index is 4.63. The third-order valence-electron chi connectivity index (χ3n) is 4.03. The van der Waals surface area contributed by atoms with Crippen LogP contribution in [-0.2, 0) is 0 Å². The summed E-state index contributed by atoms with van der Waals surface area (Å²) in [5.74, 6) is 1.22. The number of rotatable bonds is 7. The molecule has 7 nitrogen and oxygen atoms in total. The Morgan fingerprint density at radius 3 is 2.62 bits per heavy atom. The Hall–Kier alpha value is -2.80. The highest BCUT2D eigenvalue weighted by Crippen LogP contribution is 2.25. The molecule has 0 atom stereocenters. The van der Waals surface area contributed by atoms with E-state index >= 15 is 0 Å². The van der Waals surface area contributed by atoms with Crippen LogP contribution in [0.5, 0.6) is 0 Å². The van der Waals surface area contributed by atoms with E-state index in [9.17, 15) is 0 Å². The molecule has 2 aromatic heterocycles. The summed E-state index contributed by atoms with van der Waals surface area (Å²) in [5.41, 5.74) is 4.61. The molecule has 2 N–H and O–H groups in total. The SMILES string of the molecule is Cc1ccc(Nc2nc(NCCCN(C)C)nc3nccnc23)c(C)c1. The number of aromatic nitrogens is 4. The van der Waals surface area contributed by atoms with Crippen molar-refractivity contribution in [1.82, 2.24) is 24.8 Å². The molecule has 0 amide bonds. The predicted molar refractivity (Wildman–Crippen MR) is 106 cm³/mol. The fraction of sp³-hybridized carbons (Fsp3) is 0.368. The van der Waals surface area contributed by atoms with Crippen molar-refractivity contribution in [3.05, 3.63) is 41.7 Å². The Balaban J connectivity index is 1.87. The van der Waals surface area contributed by atoms with E-state index in [1.165, 1.54) is 5.56 Å². The average Bonchev–Trinajstić information content (AvgIpc) is 2.61. The van der Waals surface area contributed by atoms with Crippen LogP contribution in [0.3, 0.4) is 0 Å². The fourth-order valence-corrected chi connectivity index (χ4v) is 2.71. The number of hydrogen-bond acceptors (Lipinski definition) is 7. The zero-order chi connectivity index (χ0) is 18.5. The summed E-state index contributed by atoms with van der Waals surface area (Å²) in [6.07, 6.45) is 4.31. The van der Waals surface area contributed by atoms with Gasteiger partial charge in [-0.2, -0.15) is 9.97 Å². The van der Waals surface area contributed by atoms with Gasteiger partial charge in [-0.3, -0.25) is 0 Å². The van der Waals surface area contributed by atoms with Crippen molar-refractivity contribution in [2.24, 2.45) is 0 Å². The van der Waals surface area contributed by atoms with Crippen LogP contribution in [0, 0.1) is 13.8 Å². The van der Waals surface area contributed by atoms with Crippen molar-refractivity contribution in [2.45, 2.75) is 20.3 Å². The maximum absolute atomic E-state index is 4.63. The molecule has 0 aliphatic carbocycles. The van der Waals surface area contributed by atoms with Gasteiger partial charge in [-0.05, 0) is 52.5 Å². The minimum absolute atomic E-state index is 0.559. The molecule has 0 spiro atoms. The second kappa shape index (κ2) is 8.05. The zero-order valence-electron chi connectivity index (χ0n) is 15.7. The van der Waals surface area contributed by atoms with E-state index in [1.807, 2.05) is 0 Å². The average molecular weight is 351 g/mol. The summed E-state index contributed by atoms with van der Waals surface area (Å²) in [4.78, 5) is 20.0. The molecule has 7 heteroatoms. The van der Waals surface area contributed by atoms with Crippen molar-refractivity contribution >= 4 is 28.6 Å². The number of nitrogens with zero attached hydrogens (tertiary/aromatic N) is 5. The molecule has 0 aliphatic rings. The van der Waals surface area contributed by atoms with E-state index in [0.717, 1.165) is 30.8 Å². The Labute approximate surface area is 153 Å². The molecule has 0 radical (unpaired) electrons. The molecule has 3 aromatic rings. The summed E-state index contributed by atoms with van der Waals surface area (Å²) in [6, 6.07) is 6.27. The first-order valence-electron chi connectivity index (χ1n) is 8.74. The number of hydrogen-bond donors (Lipinski definition) is 2. The van der Waals surface area contributed by atoms with Crippen LogP contribution in [-0.4, -0.2) is 52.0 Å². The molecular weight excluding hydrogens is 326 g/mol. The van der Waals surface area contributed by atoms with Crippen molar-refractivity contribution in [3.8, 4) is 0 Å². The highest BCUT2D eigenvalue weighted by Gasteiger charge is 2.11. The summed E-state index contributed by atoms with van der Waals surface area (Å²) in [5, 5.41) is 6.68. The second-order valence-corrected chi connectivity index (χ2v) is 6.65. The molecule has 2 heterocycles. The predicted octanol–water partition coefficient (Wildman–Crippen LogP) is 3.14. The fourth-order valence-electron chi connectivity index (χ4n) is 2.71. The van der Waals surface area contributed by atoms with E-state index in [-0.39, 0.29) is 0 Å². The van der Waals surface area contributed by atoms with Crippen molar-refractivity contribution < 1.29 is 0 Å². The summed E-state index contributed by atoms with van der Waals surface area (Å²) in [6.45, 7) is 5.96. The van der Waals surface area contributed by atoms with Gasteiger partial charge in [0.05, 0.1) is 0 Å². The van der Waals surface area contributed by atoms with Crippen LogP contribution in [0.4, 0.5) is 17.5 Å². The van der Waals surface area contributed by atoms with Gasteiger partial charge in [0.1, 0.15) is 0 Å². The lowest BCUT2D eigenvalue weighted by Crippen LogP contribution is -2.17. The van der Waals surface area contributed by atoms with Gasteiger partial charge in [0.2, 0.25) is 5.95 Å². The van der Waals surface area contributed by atoms with Crippen LogP contribution in [0.1, 0.15) is 17.5 Å². The van der Waals surface area contributed by atoms with Gasteiger partial charge in [0, 0.05) is 24.6 Å². The summed E-state index contributed by atoms with van der Waals surface area (Å²) in [7, 11) is 4.13. The number of aryl methyl sites for hydroxylation is 2. The lowest BCUT2D eigenvalue weighted by molar-refractivity contribution is 0.405. The maximum Gasteiger partial charge on any atom is 0.226 e. The van der Waals surface area contributed by atoms with Gasteiger partial charge in [-0.15, -0.1) is 0 Å². The van der Waals surface area contributed by atoms with Crippen LogP contribution >= 0.6 is 0 Å². The van der Waals surface area contributed by atoms with E-state index in [1.54, 1.807) is 12.4 Å². The normalized spacial score (nSPS) is 11.1. The van der Waals surface area contributed by atoms with Crippen LogP contribution in [0.15, 0.2) is 30.6 Å². The number of fused-ring (bicyclic) bond motifs is 1. The van der Waals surface area contributed by atoms with Crippen LogP contribution < -0.4 is 10.6 Å². The summed E-state index contributed by atoms with van der Waals surface area (Å²) < 4.78 is 0. The Bertz CT molecular complexity index is 892. The third-order valence-corrected chi connectivity index (χ3v) is 4.03. The quantitative estimate of drug-likeness (QED) is 0.633. The highest BCUT2D eigenvalue weighted by molar-refractivity contribution is 5.86. The molecule has 0 saturated carbocycles. The lowest BCUT2D eigenvalue weighted by Gasteiger charge is -2.13. The smallest absolute Gasteiger partial charge is 0.226 e. The van der Waals surface area contributed by atoms with Crippen molar-refractivity contribution in [1.29, 1.82) is 0 Å². The molecule has 136 valence electrons. The molecule has 1 aromatic carbocycles. The molecule has 0 aliphatic heterocycles. The first kappa shape index (κ1) is 18.0. The Kier molecular flexibility index (Phi) is 5.58. The standard InChI is InChI=1S/C19H25N7/c1-13-6-7-15(14(2)12-13)23-18-16-17(21-10-9-20-16)24-19(25-18)22-8-5-11-26(3)4/h6-7,9-10,12H,5,8,11H2,1-4H3,(H2,21,22,23,24,25). The van der Waals surface area contributed by atoms with Gasteiger partial charge in [-0.1, -0.05) is 17.7 Å². The first-order chi connectivity index (χ1) is 12.5.